The van der Waals surface area contributed by atoms with Gasteiger partial charge in [0.1, 0.15) is 5.75 Å². The summed E-state index contributed by atoms with van der Waals surface area (Å²) in [5, 5.41) is 4.15. The summed E-state index contributed by atoms with van der Waals surface area (Å²) in [6, 6.07) is 6.46. The number of para-hydroxylation sites is 1. The number of hydrogen-bond acceptors (Lipinski definition) is 2. The van der Waals surface area contributed by atoms with Crippen molar-refractivity contribution >= 4 is 11.6 Å². The van der Waals surface area contributed by atoms with Crippen LogP contribution in [0.4, 0.5) is 0 Å². The first-order chi connectivity index (χ1) is 9.66. The highest BCUT2D eigenvalue weighted by Crippen LogP contribution is 2.31. The van der Waals surface area contributed by atoms with E-state index in [0.717, 1.165) is 29.5 Å². The third-order valence-corrected chi connectivity index (χ3v) is 4.24. The maximum atomic E-state index is 6.31. The lowest BCUT2D eigenvalue weighted by atomic mass is 9.90. The molecule has 0 heterocycles. The Hall–Kier alpha value is -0.730. The summed E-state index contributed by atoms with van der Waals surface area (Å²) in [4.78, 5) is 0. The van der Waals surface area contributed by atoms with Gasteiger partial charge in [0, 0.05) is 18.2 Å². The van der Waals surface area contributed by atoms with Crippen LogP contribution in [0.25, 0.3) is 0 Å². The predicted octanol–water partition coefficient (Wildman–Crippen LogP) is 4.80. The number of benzene rings is 1. The molecule has 0 aliphatic heterocycles. The quantitative estimate of drug-likeness (QED) is 0.814. The highest BCUT2D eigenvalue weighted by molar-refractivity contribution is 6.32. The van der Waals surface area contributed by atoms with E-state index in [2.05, 4.69) is 25.2 Å². The molecular formula is C17H26ClNO. The van der Waals surface area contributed by atoms with Crippen molar-refractivity contribution in [1.29, 1.82) is 0 Å². The van der Waals surface area contributed by atoms with Crippen molar-refractivity contribution < 1.29 is 4.74 Å². The van der Waals surface area contributed by atoms with Crippen LogP contribution in [0.5, 0.6) is 5.75 Å². The van der Waals surface area contributed by atoms with E-state index < -0.39 is 0 Å². The zero-order valence-electron chi connectivity index (χ0n) is 12.6. The van der Waals surface area contributed by atoms with Crippen molar-refractivity contribution in [2.75, 3.05) is 6.61 Å². The Bertz CT molecular complexity index is 413. The summed E-state index contributed by atoms with van der Waals surface area (Å²) in [5.74, 6) is 1.57. The van der Waals surface area contributed by atoms with Crippen molar-refractivity contribution in [2.24, 2.45) is 5.92 Å². The van der Waals surface area contributed by atoms with E-state index in [0.29, 0.717) is 12.0 Å². The molecule has 3 heteroatoms. The zero-order valence-corrected chi connectivity index (χ0v) is 13.4. The zero-order chi connectivity index (χ0) is 14.4. The van der Waals surface area contributed by atoms with Gasteiger partial charge in [-0.1, -0.05) is 56.8 Å². The summed E-state index contributed by atoms with van der Waals surface area (Å²) >= 11 is 6.31. The molecule has 1 saturated carbocycles. The molecule has 20 heavy (non-hydrogen) atoms. The monoisotopic (exact) mass is 295 g/mol. The Kier molecular flexibility index (Phi) is 6.18. The third kappa shape index (κ3) is 4.68. The second-order valence-corrected chi connectivity index (χ2v) is 6.49. The van der Waals surface area contributed by atoms with Crippen LogP contribution in [0.15, 0.2) is 18.2 Å². The summed E-state index contributed by atoms with van der Waals surface area (Å²) in [5.41, 5.74) is 1.15. The maximum Gasteiger partial charge on any atom is 0.142 e. The Morgan fingerprint density at radius 2 is 2.00 bits per heavy atom. The lowest BCUT2D eigenvalue weighted by Crippen LogP contribution is -2.22. The average Bonchev–Trinajstić information content (AvgIpc) is 2.45. The Balaban J connectivity index is 1.97. The van der Waals surface area contributed by atoms with E-state index in [1.165, 1.54) is 32.1 Å². The summed E-state index contributed by atoms with van der Waals surface area (Å²) in [6.07, 6.45) is 6.66. The topological polar surface area (TPSA) is 21.3 Å². The molecule has 0 spiro atoms. The minimum absolute atomic E-state index is 0.458. The molecule has 0 radical (unpaired) electrons. The number of ether oxygens (including phenoxy) is 1. The van der Waals surface area contributed by atoms with E-state index >= 15 is 0 Å². The molecule has 0 bridgehead atoms. The molecule has 112 valence electrons. The normalized spacial score (nSPS) is 16.6. The molecule has 0 atom stereocenters. The van der Waals surface area contributed by atoms with Gasteiger partial charge in [-0.25, -0.2) is 0 Å². The average molecular weight is 296 g/mol. The molecule has 1 aliphatic rings. The fraction of sp³-hybridized carbons (Fsp3) is 0.647. The van der Waals surface area contributed by atoms with Gasteiger partial charge in [0.25, 0.3) is 0 Å². The Labute approximate surface area is 127 Å². The maximum absolute atomic E-state index is 6.31. The minimum Gasteiger partial charge on any atom is -0.491 e. The SMILES string of the molecule is CC(C)NCc1cccc(Cl)c1OCC1CCCCC1. The summed E-state index contributed by atoms with van der Waals surface area (Å²) in [6.45, 7) is 5.90. The standard InChI is InChI=1S/C17H26ClNO/c1-13(2)19-11-15-9-6-10-16(18)17(15)20-12-14-7-4-3-5-8-14/h6,9-10,13-14,19H,3-5,7-8,11-12H2,1-2H3. The highest BCUT2D eigenvalue weighted by atomic mass is 35.5. The predicted molar refractivity (Wildman–Crippen MR) is 85.5 cm³/mol. The van der Waals surface area contributed by atoms with Crippen LogP contribution >= 0.6 is 11.6 Å². The first kappa shape index (κ1) is 15.7. The third-order valence-electron chi connectivity index (χ3n) is 3.94. The fourth-order valence-corrected chi connectivity index (χ4v) is 2.97. The van der Waals surface area contributed by atoms with E-state index in [1.54, 1.807) is 0 Å². The van der Waals surface area contributed by atoms with E-state index in [-0.39, 0.29) is 0 Å². The smallest absolute Gasteiger partial charge is 0.142 e. The van der Waals surface area contributed by atoms with Gasteiger partial charge >= 0.3 is 0 Å². The molecule has 0 unspecified atom stereocenters. The second-order valence-electron chi connectivity index (χ2n) is 6.08. The molecule has 1 N–H and O–H groups in total. The number of nitrogens with one attached hydrogen (secondary N) is 1. The molecule has 0 amide bonds. The van der Waals surface area contributed by atoms with Gasteiger partial charge in [0.15, 0.2) is 0 Å². The van der Waals surface area contributed by atoms with Crippen LogP contribution in [0.3, 0.4) is 0 Å². The van der Waals surface area contributed by atoms with Crippen molar-refractivity contribution in [1.82, 2.24) is 5.32 Å². The number of halogens is 1. The van der Waals surface area contributed by atoms with E-state index in [4.69, 9.17) is 16.3 Å². The second kappa shape index (κ2) is 7.90. The van der Waals surface area contributed by atoms with Crippen LogP contribution in [0, 0.1) is 5.92 Å². The van der Waals surface area contributed by atoms with Gasteiger partial charge in [-0.15, -0.1) is 0 Å². The number of hydrogen-bond donors (Lipinski definition) is 1. The van der Waals surface area contributed by atoms with Crippen LogP contribution in [-0.2, 0) is 6.54 Å². The molecule has 0 aromatic heterocycles. The molecule has 0 saturated heterocycles. The Morgan fingerprint density at radius 3 is 2.70 bits per heavy atom. The molecule has 1 aromatic carbocycles. The molecule has 1 fully saturated rings. The highest BCUT2D eigenvalue weighted by Gasteiger charge is 2.16. The van der Waals surface area contributed by atoms with Gasteiger partial charge in [0.05, 0.1) is 11.6 Å². The van der Waals surface area contributed by atoms with E-state index in [1.807, 2.05) is 12.1 Å². The molecule has 1 aromatic rings. The van der Waals surface area contributed by atoms with Crippen molar-refractivity contribution in [3.8, 4) is 5.75 Å². The van der Waals surface area contributed by atoms with Gasteiger partial charge in [0.2, 0.25) is 0 Å². The minimum atomic E-state index is 0.458. The summed E-state index contributed by atoms with van der Waals surface area (Å²) in [7, 11) is 0. The first-order valence-electron chi connectivity index (χ1n) is 7.80. The number of rotatable bonds is 6. The summed E-state index contributed by atoms with van der Waals surface area (Å²) < 4.78 is 6.07. The van der Waals surface area contributed by atoms with E-state index in [9.17, 15) is 0 Å². The molecule has 2 nitrogen and oxygen atoms in total. The lowest BCUT2D eigenvalue weighted by Gasteiger charge is -2.23. The van der Waals surface area contributed by atoms with Gasteiger partial charge in [-0.2, -0.15) is 0 Å². The van der Waals surface area contributed by atoms with Gasteiger partial charge < -0.3 is 10.1 Å². The van der Waals surface area contributed by atoms with Crippen LogP contribution in [0.2, 0.25) is 5.02 Å². The van der Waals surface area contributed by atoms with Crippen LogP contribution < -0.4 is 10.1 Å². The molecule has 2 rings (SSSR count). The van der Waals surface area contributed by atoms with Gasteiger partial charge in [-0.3, -0.25) is 0 Å². The lowest BCUT2D eigenvalue weighted by molar-refractivity contribution is 0.207. The Morgan fingerprint density at radius 1 is 1.25 bits per heavy atom. The molecular weight excluding hydrogens is 270 g/mol. The van der Waals surface area contributed by atoms with Crippen molar-refractivity contribution in [3.63, 3.8) is 0 Å². The fourth-order valence-electron chi connectivity index (χ4n) is 2.72. The van der Waals surface area contributed by atoms with Crippen molar-refractivity contribution in [2.45, 2.75) is 58.5 Å². The molecule has 1 aliphatic carbocycles. The van der Waals surface area contributed by atoms with Crippen molar-refractivity contribution in [3.05, 3.63) is 28.8 Å². The van der Waals surface area contributed by atoms with Gasteiger partial charge in [-0.05, 0) is 24.8 Å². The van der Waals surface area contributed by atoms with Crippen LogP contribution in [-0.4, -0.2) is 12.6 Å². The first-order valence-corrected chi connectivity index (χ1v) is 8.18. The largest absolute Gasteiger partial charge is 0.491 e. The van der Waals surface area contributed by atoms with Crippen LogP contribution in [0.1, 0.15) is 51.5 Å².